The Morgan fingerprint density at radius 3 is 2.80 bits per heavy atom. The molecule has 1 aliphatic rings. The molecule has 1 fully saturated rings. The second-order valence-corrected chi connectivity index (χ2v) is 6.04. The number of halogens is 1. The molecule has 1 saturated heterocycles. The highest BCUT2D eigenvalue weighted by Gasteiger charge is 2.41. The lowest BCUT2D eigenvalue weighted by molar-refractivity contribution is -0.141. The van der Waals surface area contributed by atoms with Gasteiger partial charge in [0.15, 0.2) is 0 Å². The lowest BCUT2D eigenvalue weighted by Gasteiger charge is -2.27. The number of phenolic OH excluding ortho intramolecular Hbond substituents is 1. The Labute approximate surface area is 125 Å². The molecule has 1 aliphatic heterocycles. The number of hydrogen-bond donors (Lipinski definition) is 2. The maximum absolute atomic E-state index is 12.6. The lowest BCUT2D eigenvalue weighted by atomic mass is 10.1. The zero-order valence-electron chi connectivity index (χ0n) is 10.7. The van der Waals surface area contributed by atoms with Gasteiger partial charge in [-0.05, 0) is 24.6 Å². The molecule has 2 N–H and O–H groups in total. The molecule has 20 heavy (non-hydrogen) atoms. The molecule has 1 aromatic carbocycles. The van der Waals surface area contributed by atoms with Gasteiger partial charge in [0, 0.05) is 5.75 Å². The Bertz CT molecular complexity index is 551. The average Bonchev–Trinajstić information content (AvgIpc) is 2.84. The fourth-order valence-electron chi connectivity index (χ4n) is 2.16. The Hall–Kier alpha value is -1.40. The number of aliphatic carboxylic acids is 1. The summed E-state index contributed by atoms with van der Waals surface area (Å²) in [7, 11) is 0. The van der Waals surface area contributed by atoms with Gasteiger partial charge in [0.25, 0.3) is 5.91 Å². The Kier molecular flexibility index (Phi) is 4.45. The first-order valence-corrected chi connectivity index (χ1v) is 7.54. The number of benzene rings is 1. The van der Waals surface area contributed by atoms with Gasteiger partial charge in [0.05, 0.1) is 16.0 Å². The van der Waals surface area contributed by atoms with Crippen LogP contribution in [0.3, 0.4) is 0 Å². The molecule has 1 aromatic rings. The van der Waals surface area contributed by atoms with Crippen LogP contribution in [0.15, 0.2) is 18.2 Å². The second kappa shape index (κ2) is 5.93. The average molecular weight is 316 g/mol. The summed E-state index contributed by atoms with van der Waals surface area (Å²) in [4.78, 5) is 25.2. The number of thioether (sulfide) groups is 1. The van der Waals surface area contributed by atoms with Gasteiger partial charge >= 0.3 is 5.97 Å². The molecule has 1 amide bonds. The third-order valence-corrected chi connectivity index (χ3v) is 4.92. The predicted octanol–water partition coefficient (Wildman–Crippen LogP) is 2.42. The minimum Gasteiger partial charge on any atom is -0.508 e. The molecule has 5 nitrogen and oxygen atoms in total. The van der Waals surface area contributed by atoms with Gasteiger partial charge in [-0.25, -0.2) is 4.79 Å². The van der Waals surface area contributed by atoms with Gasteiger partial charge in [-0.3, -0.25) is 4.79 Å². The van der Waals surface area contributed by atoms with E-state index in [-0.39, 0.29) is 21.7 Å². The predicted molar refractivity (Wildman–Crippen MR) is 77.2 cm³/mol. The van der Waals surface area contributed by atoms with E-state index in [1.54, 1.807) is 0 Å². The van der Waals surface area contributed by atoms with Gasteiger partial charge in [-0.2, -0.15) is 0 Å². The largest absolute Gasteiger partial charge is 0.508 e. The highest BCUT2D eigenvalue weighted by Crippen LogP contribution is 2.34. The van der Waals surface area contributed by atoms with Crippen molar-refractivity contribution in [2.75, 3.05) is 5.75 Å². The van der Waals surface area contributed by atoms with E-state index < -0.39 is 17.9 Å². The molecule has 0 aliphatic carbocycles. The molecule has 2 unspecified atom stereocenters. The number of rotatable bonds is 3. The van der Waals surface area contributed by atoms with Crippen LogP contribution < -0.4 is 0 Å². The van der Waals surface area contributed by atoms with Crippen molar-refractivity contribution in [1.82, 2.24) is 4.90 Å². The first-order chi connectivity index (χ1) is 9.45. The molecule has 1 heterocycles. The summed E-state index contributed by atoms with van der Waals surface area (Å²) >= 11 is 7.41. The van der Waals surface area contributed by atoms with E-state index in [0.717, 1.165) is 0 Å². The molecule has 0 saturated carbocycles. The van der Waals surface area contributed by atoms with Crippen molar-refractivity contribution in [2.24, 2.45) is 0 Å². The van der Waals surface area contributed by atoms with E-state index in [2.05, 4.69) is 0 Å². The molecule has 0 bridgehead atoms. The summed E-state index contributed by atoms with van der Waals surface area (Å²) in [6.07, 6.45) is 0.649. The zero-order chi connectivity index (χ0) is 14.9. The molecule has 7 heteroatoms. The SMILES string of the molecule is CCC1SCC(C(=O)O)N1C(=O)c1cc(O)ccc1Cl. The normalized spacial score (nSPS) is 22.0. The van der Waals surface area contributed by atoms with Crippen molar-refractivity contribution in [3.8, 4) is 5.75 Å². The third-order valence-electron chi connectivity index (χ3n) is 3.14. The monoisotopic (exact) mass is 315 g/mol. The topological polar surface area (TPSA) is 77.8 Å². The molecule has 0 radical (unpaired) electrons. The van der Waals surface area contributed by atoms with Crippen LogP contribution in [0.4, 0.5) is 0 Å². The second-order valence-electron chi connectivity index (χ2n) is 4.43. The molecular formula is C13H14ClNO4S. The summed E-state index contributed by atoms with van der Waals surface area (Å²) < 4.78 is 0. The minimum absolute atomic E-state index is 0.0791. The van der Waals surface area contributed by atoms with E-state index >= 15 is 0 Å². The quantitative estimate of drug-likeness (QED) is 0.895. The van der Waals surface area contributed by atoms with E-state index in [4.69, 9.17) is 11.6 Å². The van der Waals surface area contributed by atoms with Gasteiger partial charge in [0.1, 0.15) is 11.8 Å². The van der Waals surface area contributed by atoms with Crippen LogP contribution in [-0.4, -0.2) is 44.2 Å². The number of carboxylic acids is 1. The van der Waals surface area contributed by atoms with Crippen molar-refractivity contribution < 1.29 is 19.8 Å². The first kappa shape index (κ1) is 15.0. The summed E-state index contributed by atoms with van der Waals surface area (Å²) in [6, 6.07) is 3.20. The smallest absolute Gasteiger partial charge is 0.327 e. The van der Waals surface area contributed by atoms with Crippen LogP contribution in [0, 0.1) is 0 Å². The maximum Gasteiger partial charge on any atom is 0.327 e. The van der Waals surface area contributed by atoms with Crippen LogP contribution in [-0.2, 0) is 4.79 Å². The number of aromatic hydroxyl groups is 1. The third kappa shape index (κ3) is 2.71. The number of carboxylic acid groups (broad SMARTS) is 1. The standard InChI is InChI=1S/C13H14ClNO4S/c1-2-11-15(10(6-20-11)13(18)19)12(17)8-5-7(16)3-4-9(8)14/h3-5,10-11,16H,2,6H2,1H3,(H,18,19). The molecule has 108 valence electrons. The number of nitrogens with zero attached hydrogens (tertiary/aromatic N) is 1. The summed E-state index contributed by atoms with van der Waals surface area (Å²) in [5.41, 5.74) is 0.124. The van der Waals surface area contributed by atoms with Gasteiger partial charge in [-0.15, -0.1) is 11.8 Å². The van der Waals surface area contributed by atoms with Crippen LogP contribution in [0.2, 0.25) is 5.02 Å². The molecule has 0 spiro atoms. The first-order valence-electron chi connectivity index (χ1n) is 6.11. The van der Waals surface area contributed by atoms with Crippen molar-refractivity contribution in [2.45, 2.75) is 24.8 Å². The van der Waals surface area contributed by atoms with Gasteiger partial charge in [-0.1, -0.05) is 18.5 Å². The van der Waals surface area contributed by atoms with E-state index in [1.165, 1.54) is 34.9 Å². The fraction of sp³-hybridized carbons (Fsp3) is 0.385. The number of carbonyl (C=O) groups is 2. The summed E-state index contributed by atoms with van der Waals surface area (Å²) in [5.74, 6) is -1.21. The summed E-state index contributed by atoms with van der Waals surface area (Å²) in [5, 5.41) is 18.7. The van der Waals surface area contributed by atoms with E-state index in [9.17, 15) is 19.8 Å². The van der Waals surface area contributed by atoms with Gasteiger partial charge < -0.3 is 15.1 Å². The van der Waals surface area contributed by atoms with Gasteiger partial charge in [0.2, 0.25) is 0 Å². The lowest BCUT2D eigenvalue weighted by Crippen LogP contribution is -2.45. The van der Waals surface area contributed by atoms with E-state index in [0.29, 0.717) is 12.2 Å². The molecular weight excluding hydrogens is 302 g/mol. The van der Waals surface area contributed by atoms with Crippen LogP contribution >= 0.6 is 23.4 Å². The van der Waals surface area contributed by atoms with Crippen molar-refractivity contribution in [1.29, 1.82) is 0 Å². The van der Waals surface area contributed by atoms with Crippen LogP contribution in [0.1, 0.15) is 23.7 Å². The number of hydrogen-bond acceptors (Lipinski definition) is 4. The Balaban J connectivity index is 2.38. The summed E-state index contributed by atoms with van der Waals surface area (Å²) in [6.45, 7) is 1.90. The van der Waals surface area contributed by atoms with Crippen molar-refractivity contribution >= 4 is 35.2 Å². The fourth-order valence-corrected chi connectivity index (χ4v) is 3.70. The van der Waals surface area contributed by atoms with Crippen LogP contribution in [0.5, 0.6) is 5.75 Å². The van der Waals surface area contributed by atoms with E-state index in [1.807, 2.05) is 6.92 Å². The number of carbonyl (C=O) groups excluding carboxylic acids is 1. The Morgan fingerprint density at radius 1 is 1.50 bits per heavy atom. The Morgan fingerprint density at radius 2 is 2.20 bits per heavy atom. The number of phenols is 1. The van der Waals surface area contributed by atoms with Crippen LogP contribution in [0.25, 0.3) is 0 Å². The minimum atomic E-state index is -1.03. The number of amides is 1. The molecule has 2 atom stereocenters. The zero-order valence-corrected chi connectivity index (χ0v) is 12.3. The highest BCUT2D eigenvalue weighted by atomic mass is 35.5. The highest BCUT2D eigenvalue weighted by molar-refractivity contribution is 8.00. The van der Waals surface area contributed by atoms with Crippen molar-refractivity contribution in [3.05, 3.63) is 28.8 Å². The maximum atomic E-state index is 12.6. The molecule has 2 rings (SSSR count). The molecule has 0 aromatic heterocycles. The van der Waals surface area contributed by atoms with Crippen molar-refractivity contribution in [3.63, 3.8) is 0 Å².